The van der Waals surface area contributed by atoms with Gasteiger partial charge in [-0.1, -0.05) is 6.07 Å². The van der Waals surface area contributed by atoms with Crippen LogP contribution in [0.25, 0.3) is 0 Å². The highest BCUT2D eigenvalue weighted by molar-refractivity contribution is 7.89. The molecule has 0 unspecified atom stereocenters. The van der Waals surface area contributed by atoms with E-state index in [9.17, 15) is 8.42 Å². The van der Waals surface area contributed by atoms with Crippen LogP contribution in [0.1, 0.15) is 12.6 Å². The maximum absolute atomic E-state index is 12.1. The lowest BCUT2D eigenvalue weighted by Gasteiger charge is -2.05. The van der Waals surface area contributed by atoms with Crippen LogP contribution in [0.15, 0.2) is 35.5 Å². The molecule has 0 fully saturated rings. The third-order valence-corrected chi connectivity index (χ3v) is 4.25. The number of sulfonamides is 1. The molecule has 0 bridgehead atoms. The predicted octanol–water partition coefficient (Wildman–Crippen LogP) is 0.401. The number of rotatable bonds is 6. The number of hydrogen-bond acceptors (Lipinski definition) is 5. The minimum absolute atomic E-state index is 0.0113. The Labute approximate surface area is 117 Å². The highest BCUT2D eigenvalue weighted by Crippen LogP contribution is 2.15. The van der Waals surface area contributed by atoms with Gasteiger partial charge >= 0.3 is 0 Å². The number of nitrogens with zero attached hydrogens (tertiary/aromatic N) is 3. The van der Waals surface area contributed by atoms with E-state index >= 15 is 0 Å². The second-order valence-electron chi connectivity index (χ2n) is 4.20. The third kappa shape index (κ3) is 3.34. The van der Waals surface area contributed by atoms with E-state index in [2.05, 4.69) is 14.8 Å². The quantitative estimate of drug-likeness (QED) is 0.803. The predicted molar refractivity (Wildman–Crippen MR) is 75.4 cm³/mol. The van der Waals surface area contributed by atoms with Gasteiger partial charge in [0.2, 0.25) is 10.0 Å². The second-order valence-corrected chi connectivity index (χ2v) is 5.94. The molecule has 2 rings (SSSR count). The molecule has 108 valence electrons. The van der Waals surface area contributed by atoms with Crippen LogP contribution in [0.5, 0.6) is 0 Å². The summed E-state index contributed by atoms with van der Waals surface area (Å²) in [6.07, 6.45) is 3.62. The molecule has 2 aromatic rings. The van der Waals surface area contributed by atoms with Crippen LogP contribution in [-0.2, 0) is 23.0 Å². The van der Waals surface area contributed by atoms with Crippen LogP contribution < -0.4 is 10.5 Å². The highest BCUT2D eigenvalue weighted by Gasteiger charge is 2.20. The molecule has 3 N–H and O–H groups in total. The summed E-state index contributed by atoms with van der Waals surface area (Å²) in [6.45, 7) is 2.68. The number of aryl methyl sites for hydroxylation is 1. The number of nitrogens with one attached hydrogen (secondary N) is 1. The standard InChI is InChI=1S/C12H17N5O2S/c1-2-17-9-11(12(13)16-17)20(18,19)15-8-6-10-5-3-4-7-14-10/h3-5,7,9,15H,2,6,8H2,1H3,(H2,13,16). The maximum atomic E-state index is 12.1. The van der Waals surface area contributed by atoms with Gasteiger partial charge in [-0.2, -0.15) is 5.10 Å². The van der Waals surface area contributed by atoms with E-state index < -0.39 is 10.0 Å². The van der Waals surface area contributed by atoms with E-state index in [0.29, 0.717) is 13.0 Å². The smallest absolute Gasteiger partial charge is 0.245 e. The monoisotopic (exact) mass is 295 g/mol. The van der Waals surface area contributed by atoms with Crippen molar-refractivity contribution in [3.63, 3.8) is 0 Å². The molecule has 2 heterocycles. The van der Waals surface area contributed by atoms with E-state index in [-0.39, 0.29) is 17.3 Å². The van der Waals surface area contributed by atoms with Crippen molar-refractivity contribution in [3.8, 4) is 0 Å². The number of pyridine rings is 1. The van der Waals surface area contributed by atoms with E-state index in [1.165, 1.54) is 10.9 Å². The zero-order valence-corrected chi connectivity index (χ0v) is 12.0. The Morgan fingerprint density at radius 3 is 2.80 bits per heavy atom. The number of anilines is 1. The molecular weight excluding hydrogens is 278 g/mol. The molecule has 0 aromatic carbocycles. The van der Waals surface area contributed by atoms with Crippen molar-refractivity contribution in [3.05, 3.63) is 36.3 Å². The lowest BCUT2D eigenvalue weighted by molar-refractivity contribution is 0.581. The molecule has 20 heavy (non-hydrogen) atoms. The zero-order valence-electron chi connectivity index (χ0n) is 11.2. The first-order chi connectivity index (χ1) is 9.53. The van der Waals surface area contributed by atoms with E-state index in [4.69, 9.17) is 5.73 Å². The van der Waals surface area contributed by atoms with Gasteiger partial charge in [0, 0.05) is 37.6 Å². The average molecular weight is 295 g/mol. The van der Waals surface area contributed by atoms with E-state index in [0.717, 1.165) is 5.69 Å². The molecule has 0 amide bonds. The summed E-state index contributed by atoms with van der Waals surface area (Å²) in [5.41, 5.74) is 6.45. The molecule has 7 nitrogen and oxygen atoms in total. The third-order valence-electron chi connectivity index (χ3n) is 2.77. The van der Waals surface area contributed by atoms with Gasteiger partial charge in [-0.25, -0.2) is 13.1 Å². The summed E-state index contributed by atoms with van der Waals surface area (Å²) < 4.78 is 28.2. The first kappa shape index (κ1) is 14.5. The normalized spacial score (nSPS) is 11.7. The van der Waals surface area contributed by atoms with Crippen LogP contribution in [0.2, 0.25) is 0 Å². The topological polar surface area (TPSA) is 103 Å². The highest BCUT2D eigenvalue weighted by atomic mass is 32.2. The first-order valence-electron chi connectivity index (χ1n) is 6.25. The molecule has 0 atom stereocenters. The minimum Gasteiger partial charge on any atom is -0.381 e. The van der Waals surface area contributed by atoms with Crippen molar-refractivity contribution < 1.29 is 8.42 Å². The van der Waals surface area contributed by atoms with E-state index in [1.54, 1.807) is 6.20 Å². The number of aromatic nitrogens is 3. The van der Waals surface area contributed by atoms with Crippen molar-refractivity contribution in [2.75, 3.05) is 12.3 Å². The summed E-state index contributed by atoms with van der Waals surface area (Å²) in [6, 6.07) is 5.52. The molecular formula is C12H17N5O2S. The Hall–Kier alpha value is -1.93. The van der Waals surface area contributed by atoms with Gasteiger partial charge in [-0.3, -0.25) is 9.67 Å². The Balaban J connectivity index is 2.02. The molecule has 0 aliphatic rings. The SMILES string of the molecule is CCn1cc(S(=O)(=O)NCCc2ccccn2)c(N)n1. The lowest BCUT2D eigenvalue weighted by atomic mass is 10.3. The lowest BCUT2D eigenvalue weighted by Crippen LogP contribution is -2.26. The molecule has 8 heteroatoms. The van der Waals surface area contributed by atoms with Crippen LogP contribution in [-0.4, -0.2) is 29.7 Å². The molecule has 2 aromatic heterocycles. The summed E-state index contributed by atoms with van der Waals surface area (Å²) in [4.78, 5) is 4.14. The summed E-state index contributed by atoms with van der Waals surface area (Å²) in [5, 5.41) is 3.92. The van der Waals surface area contributed by atoms with Gasteiger partial charge in [0.1, 0.15) is 4.90 Å². The summed E-state index contributed by atoms with van der Waals surface area (Å²) in [7, 11) is -3.64. The molecule has 0 aliphatic carbocycles. The maximum Gasteiger partial charge on any atom is 0.245 e. The minimum atomic E-state index is -3.64. The Kier molecular flexibility index (Phi) is 4.35. The van der Waals surface area contributed by atoms with Crippen molar-refractivity contribution >= 4 is 15.8 Å². The molecule has 0 spiro atoms. The number of nitrogen functional groups attached to an aromatic ring is 1. The van der Waals surface area contributed by atoms with Crippen molar-refractivity contribution in [2.24, 2.45) is 0 Å². The largest absolute Gasteiger partial charge is 0.381 e. The molecule has 0 radical (unpaired) electrons. The zero-order chi connectivity index (χ0) is 14.6. The van der Waals surface area contributed by atoms with Crippen LogP contribution >= 0.6 is 0 Å². The van der Waals surface area contributed by atoms with Gasteiger partial charge in [-0.15, -0.1) is 0 Å². The van der Waals surface area contributed by atoms with Gasteiger partial charge in [-0.05, 0) is 19.1 Å². The van der Waals surface area contributed by atoms with Crippen LogP contribution in [0.4, 0.5) is 5.82 Å². The van der Waals surface area contributed by atoms with Gasteiger partial charge in [0.25, 0.3) is 0 Å². The Morgan fingerprint density at radius 1 is 1.40 bits per heavy atom. The first-order valence-corrected chi connectivity index (χ1v) is 7.73. The number of nitrogens with two attached hydrogens (primary N) is 1. The Bertz CT molecular complexity index is 666. The van der Waals surface area contributed by atoms with Crippen LogP contribution in [0, 0.1) is 0 Å². The molecule has 0 saturated heterocycles. The van der Waals surface area contributed by atoms with Crippen molar-refractivity contribution in [2.45, 2.75) is 24.8 Å². The van der Waals surface area contributed by atoms with E-state index in [1.807, 2.05) is 25.1 Å². The molecule has 0 aliphatic heterocycles. The Morgan fingerprint density at radius 2 is 2.20 bits per heavy atom. The average Bonchev–Trinajstić information content (AvgIpc) is 2.82. The molecule has 0 saturated carbocycles. The summed E-state index contributed by atoms with van der Waals surface area (Å²) >= 11 is 0. The fourth-order valence-electron chi connectivity index (χ4n) is 1.72. The fraction of sp³-hybridized carbons (Fsp3) is 0.333. The number of hydrogen-bond donors (Lipinski definition) is 2. The summed E-state index contributed by atoms with van der Waals surface area (Å²) in [5.74, 6) is 0.0113. The fourth-order valence-corrected chi connectivity index (χ4v) is 2.83. The van der Waals surface area contributed by atoms with Gasteiger partial charge in [0.15, 0.2) is 5.82 Å². The second kappa shape index (κ2) is 6.02. The van der Waals surface area contributed by atoms with Crippen molar-refractivity contribution in [1.29, 1.82) is 0 Å². The van der Waals surface area contributed by atoms with Crippen LogP contribution in [0.3, 0.4) is 0 Å². The van der Waals surface area contributed by atoms with Crippen molar-refractivity contribution in [1.82, 2.24) is 19.5 Å². The van der Waals surface area contributed by atoms with Gasteiger partial charge in [0.05, 0.1) is 0 Å². The van der Waals surface area contributed by atoms with Gasteiger partial charge < -0.3 is 5.73 Å².